The molecule has 0 spiro atoms. The molecule has 0 bridgehead atoms. The lowest BCUT2D eigenvalue weighted by Crippen LogP contribution is -2.06. The van der Waals surface area contributed by atoms with E-state index in [9.17, 15) is 17.6 Å². The highest BCUT2D eigenvalue weighted by Crippen LogP contribution is 2.31. The number of nitrogens with zero attached hydrogens (tertiary/aromatic N) is 2. The summed E-state index contributed by atoms with van der Waals surface area (Å²) < 4.78 is 51.2. The fraction of sp³-hybridized carbons (Fsp3) is 0.111. The monoisotopic (exact) mass is 362 g/mol. The summed E-state index contributed by atoms with van der Waals surface area (Å²) in [6.07, 6.45) is -2.93. The Morgan fingerprint density at radius 1 is 0.962 bits per heavy atom. The highest BCUT2D eigenvalue weighted by Gasteiger charge is 2.30. The van der Waals surface area contributed by atoms with E-state index in [4.69, 9.17) is 0 Å². The van der Waals surface area contributed by atoms with E-state index in [-0.39, 0.29) is 11.5 Å². The fourth-order valence-corrected chi connectivity index (χ4v) is 2.22. The molecule has 0 aliphatic carbocycles. The molecule has 1 heterocycles. The predicted octanol–water partition coefficient (Wildman–Crippen LogP) is 4.99. The van der Waals surface area contributed by atoms with E-state index < -0.39 is 11.7 Å². The first kappa shape index (κ1) is 17.7. The topological polar surface area (TPSA) is 49.8 Å². The molecule has 134 valence electrons. The second-order valence-electron chi connectivity index (χ2n) is 5.45. The molecule has 2 aromatic carbocycles. The second-order valence-corrected chi connectivity index (χ2v) is 5.45. The SMILES string of the molecule is Fc1ccc(CNc2nccc(Nc3cccc(C(F)(F)F)c3)n2)cc1. The smallest absolute Gasteiger partial charge is 0.350 e. The Bertz CT molecular complexity index is 879. The summed E-state index contributed by atoms with van der Waals surface area (Å²) in [5, 5.41) is 5.80. The van der Waals surface area contributed by atoms with Crippen LogP contribution in [0.15, 0.2) is 60.8 Å². The van der Waals surface area contributed by atoms with Gasteiger partial charge >= 0.3 is 6.18 Å². The molecule has 0 saturated carbocycles. The second kappa shape index (κ2) is 7.38. The molecule has 0 radical (unpaired) electrons. The standard InChI is InChI=1S/C18H14F4N4/c19-14-6-4-12(5-7-14)11-24-17-23-9-8-16(26-17)25-15-3-1-2-13(10-15)18(20,21)22/h1-10H,11H2,(H2,23,24,25,26). The van der Waals surface area contributed by atoms with Crippen molar-refractivity contribution in [1.29, 1.82) is 0 Å². The molecule has 0 unspecified atom stereocenters. The molecule has 0 aliphatic rings. The van der Waals surface area contributed by atoms with Crippen LogP contribution in [0.4, 0.5) is 35.0 Å². The predicted molar refractivity (Wildman–Crippen MR) is 90.5 cm³/mol. The summed E-state index contributed by atoms with van der Waals surface area (Å²) in [6, 6.07) is 12.4. The molecule has 1 aromatic heterocycles. The van der Waals surface area contributed by atoms with Crippen LogP contribution in [0.1, 0.15) is 11.1 Å². The van der Waals surface area contributed by atoms with Gasteiger partial charge in [0.05, 0.1) is 5.56 Å². The summed E-state index contributed by atoms with van der Waals surface area (Å²) >= 11 is 0. The van der Waals surface area contributed by atoms with Crippen molar-refractivity contribution in [2.45, 2.75) is 12.7 Å². The lowest BCUT2D eigenvalue weighted by Gasteiger charge is -2.11. The van der Waals surface area contributed by atoms with Crippen molar-refractivity contribution in [1.82, 2.24) is 9.97 Å². The number of halogens is 4. The van der Waals surface area contributed by atoms with E-state index in [2.05, 4.69) is 20.6 Å². The maximum absolute atomic E-state index is 12.9. The molecule has 0 amide bonds. The summed E-state index contributed by atoms with van der Waals surface area (Å²) in [6.45, 7) is 0.382. The van der Waals surface area contributed by atoms with Crippen molar-refractivity contribution >= 4 is 17.5 Å². The van der Waals surface area contributed by atoms with Gasteiger partial charge in [0.25, 0.3) is 0 Å². The van der Waals surface area contributed by atoms with Gasteiger partial charge in [-0.2, -0.15) is 18.2 Å². The zero-order chi connectivity index (χ0) is 18.6. The van der Waals surface area contributed by atoms with Crippen LogP contribution in [0.25, 0.3) is 0 Å². The number of benzene rings is 2. The summed E-state index contributed by atoms with van der Waals surface area (Å²) in [5.74, 6) is 0.324. The normalized spacial score (nSPS) is 11.2. The minimum absolute atomic E-state index is 0.267. The van der Waals surface area contributed by atoms with Gasteiger partial charge in [0.1, 0.15) is 11.6 Å². The average molecular weight is 362 g/mol. The van der Waals surface area contributed by atoms with Gasteiger partial charge in [-0.25, -0.2) is 9.37 Å². The molecule has 0 fully saturated rings. The van der Waals surface area contributed by atoms with Crippen molar-refractivity contribution in [3.63, 3.8) is 0 Å². The van der Waals surface area contributed by atoms with E-state index in [1.165, 1.54) is 30.5 Å². The molecule has 0 saturated heterocycles. The number of nitrogens with one attached hydrogen (secondary N) is 2. The maximum Gasteiger partial charge on any atom is 0.416 e. The van der Waals surface area contributed by atoms with Crippen molar-refractivity contribution in [3.8, 4) is 0 Å². The van der Waals surface area contributed by atoms with Gasteiger partial charge in [-0.3, -0.25) is 0 Å². The minimum atomic E-state index is -4.41. The van der Waals surface area contributed by atoms with Crippen molar-refractivity contribution in [3.05, 3.63) is 77.7 Å². The van der Waals surface area contributed by atoms with Crippen LogP contribution in [0, 0.1) is 5.82 Å². The zero-order valence-corrected chi connectivity index (χ0v) is 13.4. The largest absolute Gasteiger partial charge is 0.416 e. The van der Waals surface area contributed by atoms with Gasteiger partial charge in [0, 0.05) is 18.4 Å². The first-order valence-electron chi connectivity index (χ1n) is 7.66. The lowest BCUT2D eigenvalue weighted by atomic mass is 10.2. The highest BCUT2D eigenvalue weighted by atomic mass is 19.4. The van der Waals surface area contributed by atoms with E-state index in [1.807, 2.05) is 0 Å². The first-order chi connectivity index (χ1) is 12.4. The van der Waals surface area contributed by atoms with Crippen LogP contribution in [-0.4, -0.2) is 9.97 Å². The Hall–Kier alpha value is -3.16. The van der Waals surface area contributed by atoms with Crippen LogP contribution in [0.5, 0.6) is 0 Å². The van der Waals surface area contributed by atoms with Gasteiger partial charge < -0.3 is 10.6 Å². The van der Waals surface area contributed by atoms with Gasteiger partial charge in [0.2, 0.25) is 5.95 Å². The minimum Gasteiger partial charge on any atom is -0.350 e. The number of rotatable bonds is 5. The Morgan fingerprint density at radius 3 is 2.46 bits per heavy atom. The third kappa shape index (κ3) is 4.69. The van der Waals surface area contributed by atoms with E-state index >= 15 is 0 Å². The lowest BCUT2D eigenvalue weighted by molar-refractivity contribution is -0.137. The van der Waals surface area contributed by atoms with Crippen LogP contribution >= 0.6 is 0 Å². The van der Waals surface area contributed by atoms with Crippen LogP contribution in [0.3, 0.4) is 0 Å². The van der Waals surface area contributed by atoms with Gasteiger partial charge in [-0.15, -0.1) is 0 Å². The third-order valence-corrected chi connectivity index (χ3v) is 3.48. The molecule has 3 aromatic rings. The van der Waals surface area contributed by atoms with Crippen molar-refractivity contribution in [2.75, 3.05) is 10.6 Å². The van der Waals surface area contributed by atoms with Gasteiger partial charge in [0.15, 0.2) is 0 Å². The van der Waals surface area contributed by atoms with E-state index in [0.29, 0.717) is 18.3 Å². The Kier molecular flexibility index (Phi) is 5.01. The first-order valence-corrected chi connectivity index (χ1v) is 7.66. The molecule has 26 heavy (non-hydrogen) atoms. The molecular weight excluding hydrogens is 348 g/mol. The van der Waals surface area contributed by atoms with E-state index in [1.54, 1.807) is 18.2 Å². The number of aromatic nitrogens is 2. The maximum atomic E-state index is 12.9. The molecule has 3 rings (SSSR count). The molecular formula is C18H14F4N4. The molecule has 2 N–H and O–H groups in total. The summed E-state index contributed by atoms with van der Waals surface area (Å²) in [5.41, 5.74) is 0.362. The van der Waals surface area contributed by atoms with Crippen molar-refractivity contribution < 1.29 is 17.6 Å². The van der Waals surface area contributed by atoms with Crippen molar-refractivity contribution in [2.24, 2.45) is 0 Å². The average Bonchev–Trinajstić information content (AvgIpc) is 2.61. The fourth-order valence-electron chi connectivity index (χ4n) is 2.22. The quantitative estimate of drug-likeness (QED) is 0.628. The van der Waals surface area contributed by atoms with Crippen LogP contribution < -0.4 is 10.6 Å². The van der Waals surface area contributed by atoms with Gasteiger partial charge in [-0.05, 0) is 42.0 Å². The number of anilines is 3. The Balaban J connectivity index is 1.68. The number of hydrogen-bond donors (Lipinski definition) is 2. The molecule has 4 nitrogen and oxygen atoms in total. The Morgan fingerprint density at radius 2 is 1.73 bits per heavy atom. The van der Waals surface area contributed by atoms with Crippen LogP contribution in [-0.2, 0) is 12.7 Å². The zero-order valence-electron chi connectivity index (χ0n) is 13.4. The third-order valence-electron chi connectivity index (χ3n) is 3.48. The summed E-state index contributed by atoms with van der Waals surface area (Å²) in [4.78, 5) is 8.26. The van der Waals surface area contributed by atoms with Gasteiger partial charge in [-0.1, -0.05) is 18.2 Å². The molecule has 8 heteroatoms. The van der Waals surface area contributed by atoms with Crippen LogP contribution in [0.2, 0.25) is 0 Å². The molecule has 0 aliphatic heterocycles. The van der Waals surface area contributed by atoms with E-state index in [0.717, 1.165) is 17.7 Å². The highest BCUT2D eigenvalue weighted by molar-refractivity contribution is 5.58. The number of hydrogen-bond acceptors (Lipinski definition) is 4. The number of alkyl halides is 3. The molecule has 0 atom stereocenters. The summed E-state index contributed by atoms with van der Waals surface area (Å²) in [7, 11) is 0. The Labute approximate surface area is 146 Å².